The summed E-state index contributed by atoms with van der Waals surface area (Å²) in [5.74, 6) is 0.467. The molecule has 0 bridgehead atoms. The van der Waals surface area contributed by atoms with Crippen molar-refractivity contribution < 1.29 is 4.79 Å². The van der Waals surface area contributed by atoms with Crippen molar-refractivity contribution in [3.8, 4) is 0 Å². The third-order valence-electron chi connectivity index (χ3n) is 4.76. The van der Waals surface area contributed by atoms with Gasteiger partial charge >= 0.3 is 0 Å². The smallest absolute Gasteiger partial charge is 0.258 e. The number of hydrogen-bond acceptors (Lipinski definition) is 4. The van der Waals surface area contributed by atoms with Crippen molar-refractivity contribution in [1.29, 1.82) is 0 Å². The van der Waals surface area contributed by atoms with Crippen LogP contribution >= 0.6 is 0 Å². The summed E-state index contributed by atoms with van der Waals surface area (Å²) in [5, 5.41) is 3.59. The van der Waals surface area contributed by atoms with Crippen molar-refractivity contribution in [2.75, 3.05) is 7.05 Å². The molecule has 140 valence electrons. The fraction of sp³-hybridized carbons (Fsp3) is 0.286. The van der Waals surface area contributed by atoms with Crippen LogP contribution in [-0.2, 0) is 11.3 Å². The largest absolute Gasteiger partial charge is 0.348 e. The number of amides is 1. The first-order valence-electron chi connectivity index (χ1n) is 8.99. The van der Waals surface area contributed by atoms with E-state index >= 15 is 0 Å². The Hall–Kier alpha value is -2.99. The van der Waals surface area contributed by atoms with E-state index in [4.69, 9.17) is 0 Å². The monoisotopic (exact) mass is 364 g/mol. The molecule has 2 aromatic carbocycles. The second-order valence-electron chi connectivity index (χ2n) is 6.76. The zero-order valence-corrected chi connectivity index (χ0v) is 15.8. The summed E-state index contributed by atoms with van der Waals surface area (Å²) in [7, 11) is 1.84. The van der Waals surface area contributed by atoms with E-state index in [0.29, 0.717) is 23.3 Å². The van der Waals surface area contributed by atoms with Crippen LogP contribution in [0.5, 0.6) is 0 Å². The highest BCUT2D eigenvalue weighted by atomic mass is 16.2. The number of likely N-dealkylation sites (N-methyl/N-ethyl adjacent to an activating group) is 1. The summed E-state index contributed by atoms with van der Waals surface area (Å²) in [6.45, 7) is 4.17. The van der Waals surface area contributed by atoms with E-state index < -0.39 is 0 Å². The van der Waals surface area contributed by atoms with Gasteiger partial charge in [0.2, 0.25) is 5.91 Å². The number of rotatable bonds is 6. The van der Waals surface area contributed by atoms with Crippen LogP contribution < -0.4 is 10.9 Å². The summed E-state index contributed by atoms with van der Waals surface area (Å²) in [6.07, 6.45) is 0. The minimum Gasteiger partial charge on any atom is -0.348 e. The number of aromatic amines is 1. The van der Waals surface area contributed by atoms with Crippen molar-refractivity contribution in [2.45, 2.75) is 32.5 Å². The average molecular weight is 364 g/mol. The van der Waals surface area contributed by atoms with Crippen molar-refractivity contribution in [2.24, 2.45) is 0 Å². The molecule has 1 amide bonds. The number of benzene rings is 2. The Labute approximate surface area is 158 Å². The topological polar surface area (TPSA) is 78.1 Å². The Morgan fingerprint density at radius 1 is 1.11 bits per heavy atom. The number of H-pyrrole nitrogens is 1. The van der Waals surface area contributed by atoms with Gasteiger partial charge in [-0.15, -0.1) is 0 Å². The summed E-state index contributed by atoms with van der Waals surface area (Å²) >= 11 is 0. The molecule has 0 saturated carbocycles. The lowest BCUT2D eigenvalue weighted by Crippen LogP contribution is -2.44. The SMILES string of the molecule is CC(NC(=O)C(C)N(C)Cc1nc2ccccc2c(=O)[nH]1)c1ccccc1. The van der Waals surface area contributed by atoms with Gasteiger partial charge in [-0.3, -0.25) is 14.5 Å². The van der Waals surface area contributed by atoms with E-state index in [2.05, 4.69) is 15.3 Å². The normalized spacial score (nSPS) is 13.5. The molecule has 0 aliphatic heterocycles. The summed E-state index contributed by atoms with van der Waals surface area (Å²) in [6, 6.07) is 16.6. The number of nitrogens with zero attached hydrogens (tertiary/aromatic N) is 2. The molecule has 0 spiro atoms. The minimum atomic E-state index is -0.368. The van der Waals surface area contributed by atoms with Crippen LogP contribution in [0, 0.1) is 0 Å². The van der Waals surface area contributed by atoms with Gasteiger partial charge in [-0.05, 0) is 38.6 Å². The number of para-hydroxylation sites is 1. The average Bonchev–Trinajstić information content (AvgIpc) is 2.68. The zero-order valence-electron chi connectivity index (χ0n) is 15.8. The van der Waals surface area contributed by atoms with Gasteiger partial charge in [0.1, 0.15) is 5.82 Å². The van der Waals surface area contributed by atoms with Crippen LogP contribution in [0.2, 0.25) is 0 Å². The molecule has 0 radical (unpaired) electrons. The fourth-order valence-corrected chi connectivity index (χ4v) is 2.94. The predicted octanol–water partition coefficient (Wildman–Crippen LogP) is 2.62. The summed E-state index contributed by atoms with van der Waals surface area (Å²) < 4.78 is 0. The molecular weight excluding hydrogens is 340 g/mol. The van der Waals surface area contributed by atoms with Gasteiger partial charge in [0.05, 0.1) is 29.5 Å². The van der Waals surface area contributed by atoms with E-state index in [-0.39, 0.29) is 23.6 Å². The highest BCUT2D eigenvalue weighted by Gasteiger charge is 2.21. The van der Waals surface area contributed by atoms with Gasteiger partial charge in [-0.25, -0.2) is 4.98 Å². The summed E-state index contributed by atoms with van der Waals surface area (Å²) in [5.41, 5.74) is 1.54. The molecule has 6 nitrogen and oxygen atoms in total. The van der Waals surface area contributed by atoms with Crippen molar-refractivity contribution in [3.05, 3.63) is 76.3 Å². The lowest BCUT2D eigenvalue weighted by atomic mass is 10.1. The number of carbonyl (C=O) groups is 1. The Kier molecular flexibility index (Phi) is 5.66. The Morgan fingerprint density at radius 3 is 2.52 bits per heavy atom. The molecule has 2 N–H and O–H groups in total. The highest BCUT2D eigenvalue weighted by Crippen LogP contribution is 2.12. The van der Waals surface area contributed by atoms with Gasteiger partial charge < -0.3 is 10.3 Å². The van der Waals surface area contributed by atoms with Gasteiger partial charge in [-0.1, -0.05) is 42.5 Å². The van der Waals surface area contributed by atoms with Crippen LogP contribution in [0.3, 0.4) is 0 Å². The van der Waals surface area contributed by atoms with Crippen LogP contribution in [0.4, 0.5) is 0 Å². The second-order valence-corrected chi connectivity index (χ2v) is 6.76. The van der Waals surface area contributed by atoms with E-state index in [1.807, 2.05) is 74.3 Å². The lowest BCUT2D eigenvalue weighted by molar-refractivity contribution is -0.126. The van der Waals surface area contributed by atoms with Crippen molar-refractivity contribution >= 4 is 16.8 Å². The predicted molar refractivity (Wildman–Crippen MR) is 106 cm³/mol. The molecular formula is C21H24N4O2. The first kappa shape index (κ1) is 18.8. The maximum Gasteiger partial charge on any atom is 0.258 e. The molecule has 0 fully saturated rings. The molecule has 6 heteroatoms. The van der Waals surface area contributed by atoms with Crippen molar-refractivity contribution in [1.82, 2.24) is 20.2 Å². The zero-order chi connectivity index (χ0) is 19.4. The van der Waals surface area contributed by atoms with Crippen LogP contribution in [0.15, 0.2) is 59.4 Å². The number of aromatic nitrogens is 2. The first-order chi connectivity index (χ1) is 13.0. The van der Waals surface area contributed by atoms with Crippen LogP contribution in [0.1, 0.15) is 31.3 Å². The first-order valence-corrected chi connectivity index (χ1v) is 8.99. The summed E-state index contributed by atoms with van der Waals surface area (Å²) in [4.78, 5) is 33.9. The number of nitrogens with one attached hydrogen (secondary N) is 2. The van der Waals surface area contributed by atoms with Crippen LogP contribution in [-0.4, -0.2) is 33.9 Å². The molecule has 1 heterocycles. The molecule has 3 rings (SSSR count). The van der Waals surface area contributed by atoms with E-state index in [1.54, 1.807) is 6.07 Å². The number of fused-ring (bicyclic) bond motifs is 1. The van der Waals surface area contributed by atoms with Crippen molar-refractivity contribution in [3.63, 3.8) is 0 Å². The number of carbonyl (C=O) groups excluding carboxylic acids is 1. The lowest BCUT2D eigenvalue weighted by Gasteiger charge is -2.25. The molecule has 0 aliphatic rings. The molecule has 0 saturated heterocycles. The Morgan fingerprint density at radius 2 is 1.78 bits per heavy atom. The van der Waals surface area contributed by atoms with Gasteiger partial charge in [0, 0.05) is 0 Å². The maximum absolute atomic E-state index is 12.6. The molecule has 27 heavy (non-hydrogen) atoms. The molecule has 2 atom stereocenters. The Bertz CT molecular complexity index is 984. The van der Waals surface area contributed by atoms with E-state index in [0.717, 1.165) is 5.56 Å². The molecule has 3 aromatic rings. The molecule has 0 aliphatic carbocycles. The third-order valence-corrected chi connectivity index (χ3v) is 4.76. The third kappa shape index (κ3) is 4.41. The fourth-order valence-electron chi connectivity index (χ4n) is 2.94. The molecule has 1 aromatic heterocycles. The van der Waals surface area contributed by atoms with Gasteiger partial charge in [0.25, 0.3) is 5.56 Å². The maximum atomic E-state index is 12.6. The Balaban J connectivity index is 1.67. The van der Waals surface area contributed by atoms with Gasteiger partial charge in [-0.2, -0.15) is 0 Å². The number of hydrogen-bond donors (Lipinski definition) is 2. The van der Waals surface area contributed by atoms with Gasteiger partial charge in [0.15, 0.2) is 0 Å². The second kappa shape index (κ2) is 8.14. The van der Waals surface area contributed by atoms with E-state index in [1.165, 1.54) is 0 Å². The molecule has 2 unspecified atom stereocenters. The quantitative estimate of drug-likeness (QED) is 0.705. The standard InChI is InChI=1S/C21H24N4O2/c1-14(16-9-5-4-6-10-16)22-20(26)15(2)25(3)13-19-23-18-12-8-7-11-17(18)21(27)24-19/h4-12,14-15H,13H2,1-3H3,(H,22,26)(H,23,24,27). The highest BCUT2D eigenvalue weighted by molar-refractivity contribution is 5.81. The minimum absolute atomic E-state index is 0.0722. The van der Waals surface area contributed by atoms with E-state index in [9.17, 15) is 9.59 Å². The van der Waals surface area contributed by atoms with Crippen LogP contribution in [0.25, 0.3) is 10.9 Å².